The molecule has 1 amide bonds. The molecule has 5 heteroatoms. The molecule has 1 atom stereocenters. The van der Waals surface area contributed by atoms with Crippen LogP contribution in [0.25, 0.3) is 0 Å². The lowest BCUT2D eigenvalue weighted by Crippen LogP contribution is -2.29. The first-order valence-corrected chi connectivity index (χ1v) is 9.78. The van der Waals surface area contributed by atoms with Crippen molar-refractivity contribution in [2.45, 2.75) is 70.9 Å². The van der Waals surface area contributed by atoms with Crippen molar-refractivity contribution in [2.24, 2.45) is 0 Å². The Balaban J connectivity index is 1.66. The minimum Gasteiger partial charge on any atom is -0.376 e. The number of carbonyl (C=O) groups is 2. The zero-order chi connectivity index (χ0) is 17.4. The third-order valence-corrected chi connectivity index (χ3v) is 6.05. The second-order valence-corrected chi connectivity index (χ2v) is 7.67. The maximum absolute atomic E-state index is 12.7. The number of aromatic nitrogens is 1. The van der Waals surface area contributed by atoms with Gasteiger partial charge in [0.05, 0.1) is 12.5 Å². The van der Waals surface area contributed by atoms with Gasteiger partial charge in [0, 0.05) is 49.6 Å². The Kier molecular flexibility index (Phi) is 4.67. The van der Waals surface area contributed by atoms with E-state index in [1.54, 1.807) is 0 Å². The zero-order valence-corrected chi connectivity index (χ0v) is 15.2. The molecule has 4 rings (SSSR count). The van der Waals surface area contributed by atoms with Gasteiger partial charge < -0.3 is 14.2 Å². The van der Waals surface area contributed by atoms with Crippen molar-refractivity contribution in [3.63, 3.8) is 0 Å². The topological polar surface area (TPSA) is 51.5 Å². The van der Waals surface area contributed by atoms with Gasteiger partial charge in [0.2, 0.25) is 5.91 Å². The van der Waals surface area contributed by atoms with Gasteiger partial charge in [-0.25, -0.2) is 0 Å². The molecule has 1 aromatic heterocycles. The Bertz CT molecular complexity index is 680. The average molecular weight is 344 g/mol. The average Bonchev–Trinajstić information content (AvgIpc) is 3.33. The summed E-state index contributed by atoms with van der Waals surface area (Å²) < 4.78 is 8.11. The molecule has 2 saturated heterocycles. The summed E-state index contributed by atoms with van der Waals surface area (Å²) in [5.41, 5.74) is 4.08. The van der Waals surface area contributed by atoms with Gasteiger partial charge >= 0.3 is 0 Å². The summed E-state index contributed by atoms with van der Waals surface area (Å²) in [6, 6.07) is 0. The van der Waals surface area contributed by atoms with E-state index in [1.165, 1.54) is 0 Å². The summed E-state index contributed by atoms with van der Waals surface area (Å²) in [7, 11) is 0. The number of likely N-dealkylation sites (tertiary alicyclic amines) is 1. The highest BCUT2D eigenvalue weighted by Crippen LogP contribution is 2.32. The molecule has 0 radical (unpaired) electrons. The van der Waals surface area contributed by atoms with Crippen LogP contribution in [0.4, 0.5) is 0 Å². The number of nitrogens with zero attached hydrogens (tertiary/aromatic N) is 2. The van der Waals surface area contributed by atoms with Crippen molar-refractivity contribution in [3.8, 4) is 0 Å². The van der Waals surface area contributed by atoms with Crippen molar-refractivity contribution in [2.75, 3.05) is 19.7 Å². The van der Waals surface area contributed by atoms with E-state index >= 15 is 0 Å². The van der Waals surface area contributed by atoms with Gasteiger partial charge in [-0.1, -0.05) is 0 Å². The molecule has 0 unspecified atom stereocenters. The minimum absolute atomic E-state index is 0.177. The summed E-state index contributed by atoms with van der Waals surface area (Å²) >= 11 is 0. The lowest BCUT2D eigenvalue weighted by Gasteiger charge is -2.18. The SMILES string of the molecule is Cc1c(CC(=O)N2CCCC2)c2c(n1C[C@H]1CCCO1)CCCC2=O. The van der Waals surface area contributed by atoms with Crippen molar-refractivity contribution in [1.29, 1.82) is 0 Å². The quantitative estimate of drug-likeness (QED) is 0.844. The van der Waals surface area contributed by atoms with Crippen LogP contribution in [0, 0.1) is 6.92 Å². The van der Waals surface area contributed by atoms with Gasteiger partial charge in [-0.05, 0) is 51.0 Å². The molecule has 1 aliphatic carbocycles. The van der Waals surface area contributed by atoms with Crippen molar-refractivity contribution in [3.05, 3.63) is 22.5 Å². The first-order valence-electron chi connectivity index (χ1n) is 9.78. The van der Waals surface area contributed by atoms with Crippen LogP contribution in [0.1, 0.15) is 65.8 Å². The Morgan fingerprint density at radius 3 is 2.68 bits per heavy atom. The number of amides is 1. The first kappa shape index (κ1) is 16.8. The van der Waals surface area contributed by atoms with Crippen LogP contribution in [0.15, 0.2) is 0 Å². The van der Waals surface area contributed by atoms with Crippen molar-refractivity contribution < 1.29 is 14.3 Å². The van der Waals surface area contributed by atoms with Crippen LogP contribution in [0.5, 0.6) is 0 Å². The molecule has 136 valence electrons. The van der Waals surface area contributed by atoms with E-state index in [-0.39, 0.29) is 17.8 Å². The first-order chi connectivity index (χ1) is 12.1. The lowest BCUT2D eigenvalue weighted by atomic mass is 9.92. The molecule has 2 aliphatic heterocycles. The van der Waals surface area contributed by atoms with Gasteiger partial charge in [0.25, 0.3) is 0 Å². The molecule has 3 aliphatic rings. The Morgan fingerprint density at radius 1 is 1.16 bits per heavy atom. The number of Topliss-reactive ketones (excluding diaryl/α,β-unsaturated/α-hetero) is 1. The summed E-state index contributed by atoms with van der Waals surface area (Å²) in [6.45, 7) is 5.47. The monoisotopic (exact) mass is 344 g/mol. The van der Waals surface area contributed by atoms with Crippen LogP contribution in [-0.4, -0.2) is 47.0 Å². The van der Waals surface area contributed by atoms with E-state index in [2.05, 4.69) is 11.5 Å². The Hall–Kier alpha value is -1.62. The van der Waals surface area contributed by atoms with Gasteiger partial charge in [0.1, 0.15) is 0 Å². The third kappa shape index (κ3) is 3.14. The highest BCUT2D eigenvalue weighted by atomic mass is 16.5. The van der Waals surface area contributed by atoms with Crippen molar-refractivity contribution in [1.82, 2.24) is 9.47 Å². The lowest BCUT2D eigenvalue weighted by molar-refractivity contribution is -0.129. The van der Waals surface area contributed by atoms with Gasteiger partial charge in [-0.15, -0.1) is 0 Å². The molecule has 3 heterocycles. The standard InChI is InChI=1S/C20H28N2O3/c1-14-16(12-19(24)21-9-2-3-10-21)20-17(7-4-8-18(20)23)22(14)13-15-6-5-11-25-15/h15H,2-13H2,1H3/t15-/m1/s1. The molecule has 25 heavy (non-hydrogen) atoms. The van der Waals surface area contributed by atoms with Gasteiger partial charge in [-0.3, -0.25) is 9.59 Å². The summed E-state index contributed by atoms with van der Waals surface area (Å²) in [5, 5.41) is 0. The largest absolute Gasteiger partial charge is 0.376 e. The van der Waals surface area contributed by atoms with E-state index in [0.29, 0.717) is 12.8 Å². The highest BCUT2D eigenvalue weighted by molar-refractivity contribution is 6.01. The molecule has 1 aromatic rings. The van der Waals surface area contributed by atoms with Gasteiger partial charge in [-0.2, -0.15) is 0 Å². The molecule has 0 spiro atoms. The number of hydrogen-bond acceptors (Lipinski definition) is 3. The number of carbonyl (C=O) groups excluding carboxylic acids is 2. The van der Waals surface area contributed by atoms with Crippen LogP contribution in [-0.2, 0) is 28.9 Å². The second-order valence-electron chi connectivity index (χ2n) is 7.67. The summed E-state index contributed by atoms with van der Waals surface area (Å²) in [6.07, 6.45) is 7.49. The number of hydrogen-bond donors (Lipinski definition) is 0. The van der Waals surface area contributed by atoms with E-state index in [1.807, 2.05) is 4.90 Å². The second kappa shape index (κ2) is 6.94. The predicted molar refractivity (Wildman–Crippen MR) is 94.9 cm³/mol. The third-order valence-electron chi connectivity index (χ3n) is 6.05. The zero-order valence-electron chi connectivity index (χ0n) is 15.2. The number of ether oxygens (including phenoxy) is 1. The number of rotatable bonds is 4. The normalized spacial score (nSPS) is 23.3. The number of ketones is 1. The summed E-state index contributed by atoms with van der Waals surface area (Å²) in [4.78, 5) is 27.3. The van der Waals surface area contributed by atoms with E-state index in [4.69, 9.17) is 4.74 Å². The molecular weight excluding hydrogens is 316 g/mol. The van der Waals surface area contributed by atoms with Crippen LogP contribution in [0.2, 0.25) is 0 Å². The minimum atomic E-state index is 0.177. The fraction of sp³-hybridized carbons (Fsp3) is 0.700. The molecular formula is C20H28N2O3. The highest BCUT2D eigenvalue weighted by Gasteiger charge is 2.31. The van der Waals surface area contributed by atoms with Gasteiger partial charge in [0.15, 0.2) is 5.78 Å². The smallest absolute Gasteiger partial charge is 0.227 e. The fourth-order valence-corrected chi connectivity index (χ4v) is 4.67. The predicted octanol–water partition coefficient (Wildman–Crippen LogP) is 2.66. The molecule has 5 nitrogen and oxygen atoms in total. The molecule has 2 fully saturated rings. The Morgan fingerprint density at radius 2 is 1.96 bits per heavy atom. The maximum Gasteiger partial charge on any atom is 0.227 e. The summed E-state index contributed by atoms with van der Waals surface area (Å²) in [5.74, 6) is 0.399. The van der Waals surface area contributed by atoms with Crippen molar-refractivity contribution >= 4 is 11.7 Å². The van der Waals surface area contributed by atoms with E-state index in [9.17, 15) is 9.59 Å². The van der Waals surface area contributed by atoms with E-state index < -0.39 is 0 Å². The van der Waals surface area contributed by atoms with Crippen LogP contribution < -0.4 is 0 Å². The Labute approximate surface area is 149 Å². The molecule has 0 bridgehead atoms. The molecule has 0 aromatic carbocycles. The fourth-order valence-electron chi connectivity index (χ4n) is 4.67. The van der Waals surface area contributed by atoms with Crippen LogP contribution in [0.3, 0.4) is 0 Å². The number of fused-ring (bicyclic) bond motifs is 1. The maximum atomic E-state index is 12.7. The van der Waals surface area contributed by atoms with Crippen LogP contribution >= 0.6 is 0 Å². The van der Waals surface area contributed by atoms with E-state index in [0.717, 1.165) is 87.3 Å². The molecule has 0 saturated carbocycles. The molecule has 0 N–H and O–H groups in total.